The second-order valence-corrected chi connectivity index (χ2v) is 7.29. The average Bonchev–Trinajstić information content (AvgIpc) is 3.23. The van der Waals surface area contributed by atoms with E-state index in [9.17, 15) is 8.78 Å². The molecule has 9 heteroatoms. The Bertz CT molecular complexity index is 898. The summed E-state index contributed by atoms with van der Waals surface area (Å²) in [4.78, 5) is 6.48. The van der Waals surface area contributed by atoms with Crippen molar-refractivity contribution in [2.75, 3.05) is 45.3 Å². The average molecular weight is 546 g/mol. The zero-order valence-corrected chi connectivity index (χ0v) is 20.1. The molecule has 1 unspecified atom stereocenters. The second-order valence-electron chi connectivity index (χ2n) is 7.29. The molecule has 0 bridgehead atoms. The van der Waals surface area contributed by atoms with Gasteiger partial charge in [-0.15, -0.1) is 24.0 Å². The number of methoxy groups -OCH3 is 2. The molecule has 170 valence electrons. The van der Waals surface area contributed by atoms with E-state index in [1.807, 2.05) is 23.1 Å². The third-order valence-electron chi connectivity index (χ3n) is 5.24. The molecule has 31 heavy (non-hydrogen) atoms. The van der Waals surface area contributed by atoms with Crippen molar-refractivity contribution >= 4 is 35.6 Å². The molecule has 0 spiro atoms. The van der Waals surface area contributed by atoms with Gasteiger partial charge in [-0.3, -0.25) is 4.99 Å². The largest absolute Gasteiger partial charge is 0.493 e. The minimum Gasteiger partial charge on any atom is -0.493 e. The highest BCUT2D eigenvalue weighted by molar-refractivity contribution is 14.0. The topological polar surface area (TPSA) is 72.1 Å². The maximum Gasteiger partial charge on any atom is 0.188 e. The number of aliphatic imine (C=N–C) groups is 1. The van der Waals surface area contributed by atoms with Gasteiger partial charge in [-0.1, -0.05) is 6.07 Å². The fourth-order valence-corrected chi connectivity index (χ4v) is 3.55. The van der Waals surface area contributed by atoms with Crippen LogP contribution in [-0.4, -0.2) is 46.4 Å². The number of ether oxygens (including phenoxy) is 2. The lowest BCUT2D eigenvalue weighted by atomic mass is 10.1. The summed E-state index contributed by atoms with van der Waals surface area (Å²) in [5.74, 6) is 0.474. The van der Waals surface area contributed by atoms with Crippen LogP contribution >= 0.6 is 24.0 Å². The number of nitrogens with zero attached hydrogens (tertiary/aromatic N) is 2. The monoisotopic (exact) mass is 546 g/mol. The molecular formula is C22H29F2IN4O2. The molecule has 6 nitrogen and oxygen atoms in total. The van der Waals surface area contributed by atoms with Gasteiger partial charge in [0.15, 0.2) is 29.1 Å². The molecule has 0 aromatic heterocycles. The molecule has 0 radical (unpaired) electrons. The van der Waals surface area contributed by atoms with Crippen LogP contribution in [0, 0.1) is 17.6 Å². The van der Waals surface area contributed by atoms with E-state index in [2.05, 4.69) is 10.3 Å². The summed E-state index contributed by atoms with van der Waals surface area (Å²) in [6.07, 6.45) is 1.70. The highest BCUT2D eigenvalue weighted by atomic mass is 127. The van der Waals surface area contributed by atoms with Crippen LogP contribution in [0.25, 0.3) is 0 Å². The van der Waals surface area contributed by atoms with Crippen molar-refractivity contribution in [2.45, 2.75) is 12.8 Å². The summed E-state index contributed by atoms with van der Waals surface area (Å²) in [5, 5.41) is 3.13. The molecule has 3 rings (SSSR count). The van der Waals surface area contributed by atoms with E-state index in [0.29, 0.717) is 42.2 Å². The molecule has 0 amide bonds. The number of rotatable bonds is 8. The highest BCUT2D eigenvalue weighted by Gasteiger charge is 2.23. The SMILES string of the molecule is COc1ccc(CCNC(N)=NCC2CCN(c3ccc(F)c(F)c3)C2)cc1OC.I. The summed E-state index contributed by atoms with van der Waals surface area (Å²) in [7, 11) is 3.22. The number of anilines is 1. The normalized spacial score (nSPS) is 16.1. The molecule has 0 aliphatic carbocycles. The lowest BCUT2D eigenvalue weighted by Gasteiger charge is -2.18. The number of nitrogens with two attached hydrogens (primary N) is 1. The molecule has 0 saturated carbocycles. The standard InChI is InChI=1S/C22H28F2N4O2.HI/c1-29-20-6-3-15(11-21(20)30-2)7-9-26-22(25)27-13-16-8-10-28(14-16)17-4-5-18(23)19(24)12-17;/h3-6,11-12,16H,7-10,13-14H2,1-2H3,(H3,25,26,27);1H. The first-order chi connectivity index (χ1) is 14.5. The van der Waals surface area contributed by atoms with Crippen molar-refractivity contribution in [2.24, 2.45) is 16.6 Å². The lowest BCUT2D eigenvalue weighted by molar-refractivity contribution is 0.354. The van der Waals surface area contributed by atoms with Crippen LogP contribution in [0.2, 0.25) is 0 Å². The Balaban J connectivity index is 0.00000341. The summed E-state index contributed by atoms with van der Waals surface area (Å²) in [6, 6.07) is 9.82. The van der Waals surface area contributed by atoms with Crippen molar-refractivity contribution in [3.8, 4) is 11.5 Å². The van der Waals surface area contributed by atoms with Gasteiger partial charge in [0.2, 0.25) is 0 Å². The molecule has 3 N–H and O–H groups in total. The Morgan fingerprint density at radius 1 is 1.13 bits per heavy atom. The van der Waals surface area contributed by atoms with Crippen LogP contribution < -0.4 is 25.4 Å². The van der Waals surface area contributed by atoms with E-state index < -0.39 is 11.6 Å². The quantitative estimate of drug-likeness (QED) is 0.301. The van der Waals surface area contributed by atoms with Gasteiger partial charge in [0.05, 0.1) is 14.2 Å². The van der Waals surface area contributed by atoms with Gasteiger partial charge in [0.25, 0.3) is 0 Å². The van der Waals surface area contributed by atoms with Gasteiger partial charge in [0.1, 0.15) is 0 Å². The fourth-order valence-electron chi connectivity index (χ4n) is 3.55. The summed E-state index contributed by atoms with van der Waals surface area (Å²) in [5.41, 5.74) is 7.79. The van der Waals surface area contributed by atoms with Crippen molar-refractivity contribution in [3.05, 3.63) is 53.6 Å². The Morgan fingerprint density at radius 3 is 2.61 bits per heavy atom. The maximum absolute atomic E-state index is 13.4. The van der Waals surface area contributed by atoms with Gasteiger partial charge in [-0.05, 0) is 48.6 Å². The second kappa shape index (κ2) is 11.9. The molecule has 2 aromatic carbocycles. The predicted molar refractivity (Wildman–Crippen MR) is 130 cm³/mol. The van der Waals surface area contributed by atoms with Crippen molar-refractivity contribution < 1.29 is 18.3 Å². The Labute approximate surface area is 198 Å². The lowest BCUT2D eigenvalue weighted by Crippen LogP contribution is -2.34. The smallest absolute Gasteiger partial charge is 0.188 e. The van der Waals surface area contributed by atoms with E-state index in [1.54, 1.807) is 20.3 Å². The fraction of sp³-hybridized carbons (Fsp3) is 0.409. The molecule has 1 saturated heterocycles. The zero-order chi connectivity index (χ0) is 21.5. The van der Waals surface area contributed by atoms with E-state index >= 15 is 0 Å². The van der Waals surface area contributed by atoms with Crippen LogP contribution in [0.4, 0.5) is 14.5 Å². The summed E-state index contributed by atoms with van der Waals surface area (Å²) >= 11 is 0. The van der Waals surface area contributed by atoms with Gasteiger partial charge in [0, 0.05) is 37.9 Å². The van der Waals surface area contributed by atoms with Crippen LogP contribution in [0.5, 0.6) is 11.5 Å². The summed E-state index contributed by atoms with van der Waals surface area (Å²) < 4.78 is 37.1. The zero-order valence-electron chi connectivity index (χ0n) is 17.7. The van der Waals surface area contributed by atoms with Crippen LogP contribution in [0.15, 0.2) is 41.4 Å². The van der Waals surface area contributed by atoms with E-state index in [0.717, 1.165) is 37.6 Å². The van der Waals surface area contributed by atoms with Crippen LogP contribution in [0.3, 0.4) is 0 Å². The molecular weight excluding hydrogens is 517 g/mol. The highest BCUT2D eigenvalue weighted by Crippen LogP contribution is 2.28. The van der Waals surface area contributed by atoms with E-state index in [-0.39, 0.29) is 24.0 Å². The molecule has 1 heterocycles. The Kier molecular flexibility index (Phi) is 9.60. The van der Waals surface area contributed by atoms with Gasteiger partial charge < -0.3 is 25.4 Å². The van der Waals surface area contributed by atoms with E-state index in [4.69, 9.17) is 15.2 Å². The molecule has 2 aromatic rings. The first kappa shape index (κ1) is 25.0. The minimum atomic E-state index is -0.828. The number of nitrogens with one attached hydrogen (secondary N) is 1. The van der Waals surface area contributed by atoms with Crippen LogP contribution in [-0.2, 0) is 6.42 Å². The van der Waals surface area contributed by atoms with Gasteiger partial charge in [-0.25, -0.2) is 8.78 Å². The predicted octanol–water partition coefficient (Wildman–Crippen LogP) is 3.57. The first-order valence-electron chi connectivity index (χ1n) is 9.95. The molecule has 1 aliphatic rings. The third-order valence-corrected chi connectivity index (χ3v) is 5.24. The van der Waals surface area contributed by atoms with Crippen molar-refractivity contribution in [1.29, 1.82) is 0 Å². The first-order valence-corrected chi connectivity index (χ1v) is 9.95. The van der Waals surface area contributed by atoms with Gasteiger partial charge in [-0.2, -0.15) is 0 Å². The third kappa shape index (κ3) is 6.84. The number of halogens is 3. The van der Waals surface area contributed by atoms with Crippen molar-refractivity contribution in [1.82, 2.24) is 5.32 Å². The van der Waals surface area contributed by atoms with Gasteiger partial charge >= 0.3 is 0 Å². The number of guanidine groups is 1. The molecule has 1 fully saturated rings. The minimum absolute atomic E-state index is 0. The van der Waals surface area contributed by atoms with Crippen LogP contribution in [0.1, 0.15) is 12.0 Å². The Morgan fingerprint density at radius 2 is 1.90 bits per heavy atom. The Hall–Kier alpha value is -2.30. The number of hydrogen-bond donors (Lipinski definition) is 2. The van der Waals surface area contributed by atoms with E-state index in [1.165, 1.54) is 6.07 Å². The summed E-state index contributed by atoms with van der Waals surface area (Å²) in [6.45, 7) is 2.78. The maximum atomic E-state index is 13.4. The number of hydrogen-bond acceptors (Lipinski definition) is 4. The molecule has 1 aliphatic heterocycles. The van der Waals surface area contributed by atoms with Crippen molar-refractivity contribution in [3.63, 3.8) is 0 Å². The molecule has 1 atom stereocenters. The number of benzene rings is 2.